The van der Waals surface area contributed by atoms with Crippen molar-refractivity contribution in [2.75, 3.05) is 18.2 Å². The van der Waals surface area contributed by atoms with E-state index in [9.17, 15) is 0 Å². The van der Waals surface area contributed by atoms with E-state index < -0.39 is 0 Å². The number of rotatable bonds is 4. The summed E-state index contributed by atoms with van der Waals surface area (Å²) in [6.07, 6.45) is 1.37. The van der Waals surface area contributed by atoms with Gasteiger partial charge in [0.25, 0.3) is 0 Å². The van der Waals surface area contributed by atoms with Crippen LogP contribution < -0.4 is 21.3 Å². The molecule has 0 amide bonds. The Bertz CT molecular complexity index is 336. The SMILES string of the molecule is C=COc1cc(C)cc(N)c1NNC. The predicted octanol–water partition coefficient (Wildman–Crippen LogP) is 1.65. The largest absolute Gasteiger partial charge is 0.463 e. The van der Waals surface area contributed by atoms with Crippen molar-refractivity contribution in [1.29, 1.82) is 0 Å². The summed E-state index contributed by atoms with van der Waals surface area (Å²) in [5.74, 6) is 0.659. The maximum absolute atomic E-state index is 5.82. The van der Waals surface area contributed by atoms with E-state index in [1.165, 1.54) is 6.26 Å². The second-order valence-electron chi connectivity index (χ2n) is 2.89. The Morgan fingerprint density at radius 2 is 2.21 bits per heavy atom. The smallest absolute Gasteiger partial charge is 0.153 e. The molecule has 4 heteroatoms. The maximum atomic E-state index is 5.82. The first kappa shape index (κ1) is 10.4. The minimum absolute atomic E-state index is 0.635. The van der Waals surface area contributed by atoms with Crippen molar-refractivity contribution in [3.63, 3.8) is 0 Å². The van der Waals surface area contributed by atoms with Crippen molar-refractivity contribution >= 4 is 11.4 Å². The first-order valence-electron chi connectivity index (χ1n) is 4.29. The molecule has 76 valence electrons. The van der Waals surface area contributed by atoms with E-state index in [0.717, 1.165) is 11.3 Å². The Labute approximate surface area is 83.7 Å². The molecule has 0 unspecified atom stereocenters. The number of anilines is 2. The summed E-state index contributed by atoms with van der Waals surface area (Å²) >= 11 is 0. The van der Waals surface area contributed by atoms with Gasteiger partial charge in [0, 0.05) is 7.05 Å². The van der Waals surface area contributed by atoms with Gasteiger partial charge in [-0.2, -0.15) is 0 Å². The van der Waals surface area contributed by atoms with Crippen molar-refractivity contribution in [3.05, 3.63) is 30.5 Å². The van der Waals surface area contributed by atoms with Gasteiger partial charge in [0.05, 0.1) is 11.9 Å². The number of ether oxygens (including phenoxy) is 1. The van der Waals surface area contributed by atoms with Crippen LogP contribution in [-0.4, -0.2) is 7.05 Å². The third-order valence-electron chi connectivity index (χ3n) is 1.74. The number of aryl methyl sites for hydroxylation is 1. The molecule has 0 bridgehead atoms. The normalized spacial score (nSPS) is 9.57. The fourth-order valence-corrected chi connectivity index (χ4v) is 1.22. The van der Waals surface area contributed by atoms with E-state index in [2.05, 4.69) is 17.4 Å². The molecule has 0 saturated heterocycles. The average Bonchev–Trinajstić information content (AvgIpc) is 2.11. The quantitative estimate of drug-likeness (QED) is 0.386. The van der Waals surface area contributed by atoms with Crippen LogP contribution in [0.5, 0.6) is 5.75 Å². The first-order chi connectivity index (χ1) is 6.69. The molecule has 0 heterocycles. The van der Waals surface area contributed by atoms with Crippen LogP contribution in [0.3, 0.4) is 0 Å². The highest BCUT2D eigenvalue weighted by atomic mass is 16.5. The van der Waals surface area contributed by atoms with Crippen LogP contribution >= 0.6 is 0 Å². The number of nitrogens with one attached hydrogen (secondary N) is 2. The van der Waals surface area contributed by atoms with E-state index in [-0.39, 0.29) is 0 Å². The lowest BCUT2D eigenvalue weighted by atomic mass is 10.2. The Morgan fingerprint density at radius 3 is 2.79 bits per heavy atom. The standard InChI is InChI=1S/C10H15N3O/c1-4-14-9-6-7(2)5-8(11)10(9)13-12-3/h4-6,12-13H,1,11H2,2-3H3. The molecule has 0 aromatic heterocycles. The van der Waals surface area contributed by atoms with Gasteiger partial charge < -0.3 is 15.9 Å². The number of nitrogens with two attached hydrogens (primary N) is 1. The summed E-state index contributed by atoms with van der Waals surface area (Å²) in [5, 5.41) is 0. The summed E-state index contributed by atoms with van der Waals surface area (Å²) in [5.41, 5.74) is 13.9. The van der Waals surface area contributed by atoms with E-state index in [1.807, 2.05) is 19.1 Å². The number of hydrazine groups is 1. The summed E-state index contributed by atoms with van der Waals surface area (Å²) in [6, 6.07) is 3.76. The van der Waals surface area contributed by atoms with E-state index in [4.69, 9.17) is 10.5 Å². The summed E-state index contributed by atoms with van der Waals surface area (Å²) in [6.45, 7) is 5.46. The predicted molar refractivity (Wildman–Crippen MR) is 59.1 cm³/mol. The lowest BCUT2D eigenvalue weighted by molar-refractivity contribution is 0.484. The van der Waals surface area contributed by atoms with Crippen molar-refractivity contribution in [2.45, 2.75) is 6.92 Å². The monoisotopic (exact) mass is 193 g/mol. The molecule has 4 N–H and O–H groups in total. The number of hydrogen-bond acceptors (Lipinski definition) is 4. The summed E-state index contributed by atoms with van der Waals surface area (Å²) < 4.78 is 5.23. The molecule has 1 rings (SSSR count). The molecule has 0 saturated carbocycles. The molecule has 0 aliphatic carbocycles. The van der Waals surface area contributed by atoms with Crippen molar-refractivity contribution in [2.24, 2.45) is 0 Å². The average molecular weight is 193 g/mol. The fourth-order valence-electron chi connectivity index (χ4n) is 1.22. The van der Waals surface area contributed by atoms with Crippen LogP contribution in [0.4, 0.5) is 11.4 Å². The van der Waals surface area contributed by atoms with Crippen LogP contribution in [0.1, 0.15) is 5.56 Å². The van der Waals surface area contributed by atoms with Gasteiger partial charge in [0.2, 0.25) is 0 Å². The van der Waals surface area contributed by atoms with Crippen LogP contribution in [0.15, 0.2) is 25.0 Å². The highest BCUT2D eigenvalue weighted by molar-refractivity contribution is 5.74. The highest BCUT2D eigenvalue weighted by Crippen LogP contribution is 2.31. The van der Waals surface area contributed by atoms with Gasteiger partial charge >= 0.3 is 0 Å². The number of nitrogen functional groups attached to an aromatic ring is 1. The Balaban J connectivity index is 3.13. The Kier molecular flexibility index (Phi) is 3.36. The molecular weight excluding hydrogens is 178 g/mol. The van der Waals surface area contributed by atoms with Crippen molar-refractivity contribution < 1.29 is 4.74 Å². The highest BCUT2D eigenvalue weighted by Gasteiger charge is 2.07. The third-order valence-corrected chi connectivity index (χ3v) is 1.74. The van der Waals surface area contributed by atoms with Crippen LogP contribution in [0.25, 0.3) is 0 Å². The molecule has 0 atom stereocenters. The number of benzene rings is 1. The minimum Gasteiger partial charge on any atom is -0.463 e. The van der Waals surface area contributed by atoms with Gasteiger partial charge in [-0.15, -0.1) is 0 Å². The minimum atomic E-state index is 0.635. The molecule has 0 spiro atoms. The molecule has 0 fully saturated rings. The Hall–Kier alpha value is -1.68. The van der Waals surface area contributed by atoms with Crippen LogP contribution in [0, 0.1) is 6.92 Å². The molecule has 14 heavy (non-hydrogen) atoms. The van der Waals surface area contributed by atoms with Crippen LogP contribution in [0.2, 0.25) is 0 Å². The summed E-state index contributed by atoms with van der Waals surface area (Å²) in [7, 11) is 1.76. The molecule has 1 aromatic rings. The van der Waals surface area contributed by atoms with Gasteiger partial charge in [-0.1, -0.05) is 6.58 Å². The zero-order chi connectivity index (χ0) is 10.6. The van der Waals surface area contributed by atoms with Gasteiger partial charge in [0.1, 0.15) is 5.69 Å². The Morgan fingerprint density at radius 1 is 1.50 bits per heavy atom. The first-order valence-corrected chi connectivity index (χ1v) is 4.29. The molecule has 0 radical (unpaired) electrons. The van der Waals surface area contributed by atoms with Crippen molar-refractivity contribution in [1.82, 2.24) is 5.43 Å². The molecule has 4 nitrogen and oxygen atoms in total. The topological polar surface area (TPSA) is 59.3 Å². The van der Waals surface area contributed by atoms with Gasteiger partial charge in [0.15, 0.2) is 5.75 Å². The second-order valence-corrected chi connectivity index (χ2v) is 2.89. The lowest BCUT2D eigenvalue weighted by Crippen LogP contribution is -2.17. The molecule has 1 aromatic carbocycles. The summed E-state index contributed by atoms with van der Waals surface area (Å²) in [4.78, 5) is 0. The maximum Gasteiger partial charge on any atom is 0.153 e. The van der Waals surface area contributed by atoms with E-state index in [0.29, 0.717) is 11.4 Å². The van der Waals surface area contributed by atoms with E-state index in [1.54, 1.807) is 7.05 Å². The second kappa shape index (κ2) is 4.53. The van der Waals surface area contributed by atoms with Gasteiger partial charge in [-0.3, -0.25) is 0 Å². The molecular formula is C10H15N3O. The van der Waals surface area contributed by atoms with Crippen LogP contribution in [-0.2, 0) is 0 Å². The van der Waals surface area contributed by atoms with Gasteiger partial charge in [-0.05, 0) is 24.6 Å². The zero-order valence-electron chi connectivity index (χ0n) is 8.42. The fraction of sp³-hybridized carbons (Fsp3) is 0.200. The lowest BCUT2D eigenvalue weighted by Gasteiger charge is -2.13. The number of hydrogen-bond donors (Lipinski definition) is 3. The molecule has 0 aliphatic rings. The zero-order valence-corrected chi connectivity index (χ0v) is 8.42. The molecule has 0 aliphatic heterocycles. The van der Waals surface area contributed by atoms with E-state index >= 15 is 0 Å². The van der Waals surface area contributed by atoms with Crippen molar-refractivity contribution in [3.8, 4) is 5.75 Å². The van der Waals surface area contributed by atoms with Gasteiger partial charge in [-0.25, -0.2) is 5.43 Å². The third kappa shape index (κ3) is 2.17.